The third-order valence-corrected chi connectivity index (χ3v) is 6.35. The van der Waals surface area contributed by atoms with E-state index in [0.717, 1.165) is 33.4 Å². The number of amides is 1. The fourth-order valence-electron chi connectivity index (χ4n) is 4.78. The summed E-state index contributed by atoms with van der Waals surface area (Å²) in [4.78, 5) is 42.3. The number of aliphatic imine (C=N–C) groups is 2. The van der Waals surface area contributed by atoms with Crippen molar-refractivity contribution in [2.45, 2.75) is 63.6 Å². The summed E-state index contributed by atoms with van der Waals surface area (Å²) in [7, 11) is 0. The van der Waals surface area contributed by atoms with Crippen LogP contribution in [0.4, 0.5) is 0 Å². The molecule has 2 unspecified atom stereocenters. The van der Waals surface area contributed by atoms with E-state index in [1.54, 1.807) is 12.2 Å². The Morgan fingerprint density at radius 1 is 0.938 bits per heavy atom. The molecular formula is C25H28N4O3. The quantitative estimate of drug-likeness (QED) is 0.514. The zero-order chi connectivity index (χ0) is 23.5. The van der Waals surface area contributed by atoms with Crippen LogP contribution in [0.1, 0.15) is 72.7 Å². The molecule has 2 aromatic rings. The van der Waals surface area contributed by atoms with E-state index < -0.39 is 11.3 Å². The Balaban J connectivity index is 2.28. The van der Waals surface area contributed by atoms with Gasteiger partial charge in [-0.25, -0.2) is 9.59 Å². The number of hydrogen-bond acceptors (Lipinski definition) is 6. The Labute approximate surface area is 187 Å². The minimum Gasteiger partial charge on any atom is -0.369 e. The van der Waals surface area contributed by atoms with Crippen molar-refractivity contribution < 1.29 is 14.4 Å². The van der Waals surface area contributed by atoms with Crippen LogP contribution in [0, 0.1) is 0 Å². The van der Waals surface area contributed by atoms with Gasteiger partial charge in [-0.15, -0.1) is 0 Å². The second-order valence-corrected chi connectivity index (χ2v) is 8.58. The van der Waals surface area contributed by atoms with Crippen LogP contribution in [0.3, 0.4) is 0 Å². The monoisotopic (exact) mass is 432 g/mol. The lowest BCUT2D eigenvalue weighted by atomic mass is 9.68. The van der Waals surface area contributed by atoms with Gasteiger partial charge in [0.15, 0.2) is 0 Å². The first-order chi connectivity index (χ1) is 15.2. The predicted octanol–water partition coefficient (Wildman–Crippen LogP) is 3.09. The molecule has 3 atom stereocenters. The van der Waals surface area contributed by atoms with Gasteiger partial charge in [0.1, 0.15) is 5.41 Å². The smallest absolute Gasteiger partial charge is 0.235 e. The summed E-state index contributed by atoms with van der Waals surface area (Å²) in [6.45, 7) is 5.50. The molecule has 7 heteroatoms. The SMILES string of the molecule is CC(N=C=O)c1ccc2c(c1)CCc1cc(C(C)N=C=O)ccc1C2(C[C@@H](C)N)C(N)=O. The number of benzene rings is 2. The molecule has 0 aliphatic heterocycles. The molecule has 1 aliphatic carbocycles. The number of fused-ring (bicyclic) bond motifs is 2. The number of carbonyl (C=O) groups excluding carboxylic acids is 3. The lowest BCUT2D eigenvalue weighted by molar-refractivity contribution is -0.122. The molecule has 4 N–H and O–H groups in total. The first-order valence-corrected chi connectivity index (χ1v) is 10.7. The molecule has 166 valence electrons. The Kier molecular flexibility index (Phi) is 6.85. The van der Waals surface area contributed by atoms with Gasteiger partial charge in [0, 0.05) is 6.04 Å². The summed E-state index contributed by atoms with van der Waals surface area (Å²) in [6, 6.07) is 10.6. The second kappa shape index (κ2) is 9.41. The van der Waals surface area contributed by atoms with Crippen LogP contribution in [0.25, 0.3) is 0 Å². The van der Waals surface area contributed by atoms with Gasteiger partial charge in [0.2, 0.25) is 18.1 Å². The van der Waals surface area contributed by atoms with Gasteiger partial charge in [-0.1, -0.05) is 36.4 Å². The van der Waals surface area contributed by atoms with Crippen molar-refractivity contribution in [1.82, 2.24) is 0 Å². The Morgan fingerprint density at radius 2 is 1.38 bits per heavy atom. The molecule has 1 aliphatic rings. The molecule has 0 spiro atoms. The minimum atomic E-state index is -1.10. The van der Waals surface area contributed by atoms with E-state index in [9.17, 15) is 14.4 Å². The number of nitrogens with two attached hydrogens (primary N) is 2. The first-order valence-electron chi connectivity index (χ1n) is 10.7. The maximum absolute atomic E-state index is 13.2. The third kappa shape index (κ3) is 4.19. The molecule has 0 heterocycles. The molecular weight excluding hydrogens is 404 g/mol. The third-order valence-electron chi connectivity index (χ3n) is 6.35. The lowest BCUT2D eigenvalue weighted by Gasteiger charge is -2.35. The van der Waals surface area contributed by atoms with Gasteiger partial charge in [-0.3, -0.25) is 4.79 Å². The van der Waals surface area contributed by atoms with Gasteiger partial charge in [-0.05, 0) is 73.4 Å². The average molecular weight is 433 g/mol. The van der Waals surface area contributed by atoms with Crippen molar-refractivity contribution in [2.24, 2.45) is 21.5 Å². The average Bonchev–Trinajstić information content (AvgIpc) is 2.88. The van der Waals surface area contributed by atoms with Gasteiger partial charge in [-0.2, -0.15) is 9.98 Å². The van der Waals surface area contributed by atoms with E-state index in [0.29, 0.717) is 19.3 Å². The second-order valence-electron chi connectivity index (χ2n) is 8.58. The standard InChI is InChI=1S/C25H28N4O3/c1-15(26)12-25(24(27)32)22-8-6-18(16(2)28-13-30)10-20(22)4-5-21-11-19(7-9-23(21)25)17(3)29-14-31/h6-11,15-17H,4-5,12,26H2,1-3H3,(H2,27,32)/t15-,16?,17?,25?/m1/s1. The van der Waals surface area contributed by atoms with E-state index in [1.807, 2.05) is 57.2 Å². The first kappa shape index (κ1) is 23.3. The zero-order valence-electron chi connectivity index (χ0n) is 18.6. The van der Waals surface area contributed by atoms with Crippen molar-refractivity contribution >= 4 is 18.1 Å². The predicted molar refractivity (Wildman–Crippen MR) is 122 cm³/mol. The fourth-order valence-corrected chi connectivity index (χ4v) is 4.78. The van der Waals surface area contributed by atoms with Crippen LogP contribution >= 0.6 is 0 Å². The van der Waals surface area contributed by atoms with E-state index in [-0.39, 0.29) is 18.1 Å². The van der Waals surface area contributed by atoms with E-state index in [4.69, 9.17) is 11.5 Å². The largest absolute Gasteiger partial charge is 0.369 e. The van der Waals surface area contributed by atoms with Crippen molar-refractivity contribution in [2.75, 3.05) is 0 Å². The van der Waals surface area contributed by atoms with E-state index in [1.165, 1.54) is 0 Å². The summed E-state index contributed by atoms with van der Waals surface area (Å²) < 4.78 is 0. The normalized spacial score (nSPS) is 19.8. The highest BCUT2D eigenvalue weighted by Gasteiger charge is 2.45. The molecule has 3 rings (SSSR count). The lowest BCUT2D eigenvalue weighted by Crippen LogP contribution is -2.46. The topological polar surface area (TPSA) is 128 Å². The van der Waals surface area contributed by atoms with Crippen molar-refractivity contribution in [3.63, 3.8) is 0 Å². The number of carbonyl (C=O) groups is 1. The van der Waals surface area contributed by atoms with Crippen molar-refractivity contribution in [1.29, 1.82) is 0 Å². The van der Waals surface area contributed by atoms with Gasteiger partial charge < -0.3 is 11.5 Å². The summed E-state index contributed by atoms with van der Waals surface area (Å²) >= 11 is 0. The number of isocyanates is 2. The molecule has 32 heavy (non-hydrogen) atoms. The van der Waals surface area contributed by atoms with Crippen LogP contribution in [0.2, 0.25) is 0 Å². The summed E-state index contributed by atoms with van der Waals surface area (Å²) in [5.74, 6) is -0.461. The maximum atomic E-state index is 13.2. The molecule has 7 nitrogen and oxygen atoms in total. The molecule has 0 fully saturated rings. The van der Waals surface area contributed by atoms with E-state index >= 15 is 0 Å². The molecule has 0 aromatic heterocycles. The van der Waals surface area contributed by atoms with Crippen LogP contribution in [-0.2, 0) is 32.6 Å². The highest BCUT2D eigenvalue weighted by Crippen LogP contribution is 2.44. The van der Waals surface area contributed by atoms with Crippen LogP contribution in [0.5, 0.6) is 0 Å². The highest BCUT2D eigenvalue weighted by molar-refractivity contribution is 5.92. The zero-order valence-corrected chi connectivity index (χ0v) is 18.6. The van der Waals surface area contributed by atoms with E-state index in [2.05, 4.69) is 9.98 Å². The van der Waals surface area contributed by atoms with Gasteiger partial charge >= 0.3 is 0 Å². The molecule has 0 radical (unpaired) electrons. The minimum absolute atomic E-state index is 0.280. The fraction of sp³-hybridized carbons (Fsp3) is 0.400. The summed E-state index contributed by atoms with van der Waals surface area (Å²) in [5.41, 5.74) is 16.6. The van der Waals surface area contributed by atoms with Gasteiger partial charge in [0.25, 0.3) is 0 Å². The highest BCUT2D eigenvalue weighted by atomic mass is 16.1. The summed E-state index contributed by atoms with van der Waals surface area (Å²) in [6.07, 6.45) is 4.92. The number of hydrogen-bond donors (Lipinski definition) is 2. The maximum Gasteiger partial charge on any atom is 0.235 e. The number of primary amides is 1. The van der Waals surface area contributed by atoms with Crippen molar-refractivity contribution in [3.8, 4) is 0 Å². The molecule has 0 saturated carbocycles. The molecule has 0 bridgehead atoms. The van der Waals surface area contributed by atoms with Crippen LogP contribution in [0.15, 0.2) is 46.4 Å². The molecule has 2 aromatic carbocycles. The number of aryl methyl sites for hydroxylation is 2. The molecule has 0 saturated heterocycles. The van der Waals surface area contributed by atoms with Crippen molar-refractivity contribution in [3.05, 3.63) is 69.8 Å². The Hall–Kier alpha value is -3.37. The molecule has 1 amide bonds. The van der Waals surface area contributed by atoms with Crippen LogP contribution < -0.4 is 11.5 Å². The Bertz CT molecular complexity index is 1050. The van der Waals surface area contributed by atoms with Crippen LogP contribution in [-0.4, -0.2) is 24.1 Å². The number of rotatable bonds is 7. The Morgan fingerprint density at radius 3 is 1.72 bits per heavy atom. The number of nitrogens with zero attached hydrogens (tertiary/aromatic N) is 2. The summed E-state index contributed by atoms with van der Waals surface area (Å²) in [5, 5.41) is 0. The van der Waals surface area contributed by atoms with Gasteiger partial charge in [0.05, 0.1) is 12.1 Å².